The van der Waals surface area contributed by atoms with E-state index in [1.165, 1.54) is 12.1 Å². The van der Waals surface area contributed by atoms with E-state index in [0.717, 1.165) is 4.90 Å². The van der Waals surface area contributed by atoms with Crippen LogP contribution < -0.4 is 10.2 Å². The van der Waals surface area contributed by atoms with E-state index >= 15 is 0 Å². The molecule has 1 aliphatic heterocycles. The highest BCUT2D eigenvalue weighted by atomic mass is 19.4. The molecule has 126 valence electrons. The quantitative estimate of drug-likeness (QED) is 0.903. The molecule has 1 aliphatic rings. The Labute approximate surface area is 132 Å². The third-order valence-electron chi connectivity index (χ3n) is 3.44. The molecule has 1 N–H and O–H groups in total. The summed E-state index contributed by atoms with van der Waals surface area (Å²) in [6, 6.07) is 4.58. The van der Waals surface area contributed by atoms with Gasteiger partial charge in [0.05, 0.1) is 0 Å². The number of carbonyl (C=O) groups excluding carboxylic acids is 2. The highest BCUT2D eigenvalue weighted by molar-refractivity contribution is 5.99. The molecule has 0 saturated heterocycles. The second-order valence-corrected chi connectivity index (χ2v) is 6.83. The fourth-order valence-corrected chi connectivity index (χ4v) is 2.53. The number of amides is 2. The molecule has 0 spiro atoms. The summed E-state index contributed by atoms with van der Waals surface area (Å²) in [5.74, 6) is -2.01. The molecular weight excluding hydrogens is 309 g/mol. The van der Waals surface area contributed by atoms with Gasteiger partial charge in [-0.15, -0.1) is 0 Å². The van der Waals surface area contributed by atoms with Gasteiger partial charge in [-0.3, -0.25) is 9.59 Å². The largest absolute Gasteiger partial charge is 0.471 e. The molecule has 0 unspecified atom stereocenters. The summed E-state index contributed by atoms with van der Waals surface area (Å²) in [6.07, 6.45) is -4.22. The Morgan fingerprint density at radius 2 is 1.87 bits per heavy atom. The lowest BCUT2D eigenvalue weighted by Crippen LogP contribution is -2.40. The number of halogens is 3. The minimum atomic E-state index is -4.89. The van der Waals surface area contributed by atoms with Gasteiger partial charge in [0.1, 0.15) is 0 Å². The lowest BCUT2D eigenvalue weighted by molar-refractivity contribution is -0.170. The van der Waals surface area contributed by atoms with Crippen molar-refractivity contribution in [3.8, 4) is 0 Å². The molecule has 7 heteroatoms. The lowest BCUT2D eigenvalue weighted by atomic mass is 9.92. The van der Waals surface area contributed by atoms with Crippen molar-refractivity contribution < 1.29 is 22.8 Å². The van der Waals surface area contributed by atoms with Crippen LogP contribution in [0.3, 0.4) is 0 Å². The Morgan fingerprint density at radius 3 is 2.43 bits per heavy atom. The first kappa shape index (κ1) is 17.3. The molecule has 2 amide bonds. The van der Waals surface area contributed by atoms with Crippen molar-refractivity contribution >= 4 is 23.2 Å². The summed E-state index contributed by atoms with van der Waals surface area (Å²) in [7, 11) is 0. The van der Waals surface area contributed by atoms with Crippen LogP contribution in [0.2, 0.25) is 0 Å². The van der Waals surface area contributed by atoms with Crippen molar-refractivity contribution in [2.24, 2.45) is 5.41 Å². The Hall–Kier alpha value is -2.05. The van der Waals surface area contributed by atoms with Crippen molar-refractivity contribution in [1.29, 1.82) is 0 Å². The zero-order valence-corrected chi connectivity index (χ0v) is 13.3. The van der Waals surface area contributed by atoms with E-state index < -0.39 is 12.1 Å². The SMILES string of the molecule is CC(C)(C)CC(=O)Nc1ccc2c(c1)CCN2C(=O)C(F)(F)F. The Kier molecular flexibility index (Phi) is 4.41. The van der Waals surface area contributed by atoms with Crippen LogP contribution in [0.25, 0.3) is 0 Å². The van der Waals surface area contributed by atoms with Gasteiger partial charge in [0, 0.05) is 24.3 Å². The van der Waals surface area contributed by atoms with E-state index in [1.807, 2.05) is 20.8 Å². The molecule has 1 aromatic carbocycles. The topological polar surface area (TPSA) is 49.4 Å². The number of hydrogen-bond acceptors (Lipinski definition) is 2. The van der Waals surface area contributed by atoms with E-state index in [4.69, 9.17) is 0 Å². The molecule has 0 bridgehead atoms. The standard InChI is InChI=1S/C16H19F3N2O2/c1-15(2,3)9-13(22)20-11-4-5-12-10(8-11)6-7-21(12)14(23)16(17,18)19/h4-5,8H,6-7,9H2,1-3H3,(H,20,22). The number of carbonyl (C=O) groups is 2. The monoisotopic (exact) mass is 328 g/mol. The normalized spacial score (nSPS) is 14.6. The number of fused-ring (bicyclic) bond motifs is 1. The molecule has 0 saturated carbocycles. The minimum Gasteiger partial charge on any atom is -0.326 e. The molecule has 0 atom stereocenters. The van der Waals surface area contributed by atoms with Crippen LogP contribution in [0.5, 0.6) is 0 Å². The maximum atomic E-state index is 12.6. The number of nitrogens with zero attached hydrogens (tertiary/aromatic N) is 1. The third-order valence-corrected chi connectivity index (χ3v) is 3.44. The first-order valence-corrected chi connectivity index (χ1v) is 7.29. The second kappa shape index (κ2) is 5.86. The number of alkyl halides is 3. The molecule has 0 fully saturated rings. The van der Waals surface area contributed by atoms with E-state index in [0.29, 0.717) is 24.1 Å². The van der Waals surface area contributed by atoms with Gasteiger partial charge >= 0.3 is 12.1 Å². The third kappa shape index (κ3) is 4.24. The predicted molar refractivity (Wildman–Crippen MR) is 81.3 cm³/mol. The van der Waals surface area contributed by atoms with Crippen molar-refractivity contribution in [3.05, 3.63) is 23.8 Å². The Bertz CT molecular complexity index is 633. The van der Waals surface area contributed by atoms with E-state index in [2.05, 4.69) is 5.32 Å². The summed E-state index contributed by atoms with van der Waals surface area (Å²) >= 11 is 0. The summed E-state index contributed by atoms with van der Waals surface area (Å²) < 4.78 is 37.7. The fourth-order valence-electron chi connectivity index (χ4n) is 2.53. The van der Waals surface area contributed by atoms with Crippen molar-refractivity contribution in [1.82, 2.24) is 0 Å². The summed E-state index contributed by atoms with van der Waals surface area (Å²) in [6.45, 7) is 5.81. The zero-order valence-electron chi connectivity index (χ0n) is 13.3. The summed E-state index contributed by atoms with van der Waals surface area (Å²) in [5.41, 5.74) is 1.24. The maximum Gasteiger partial charge on any atom is 0.471 e. The van der Waals surface area contributed by atoms with Gasteiger partial charge in [-0.2, -0.15) is 13.2 Å². The molecular formula is C16H19F3N2O2. The van der Waals surface area contributed by atoms with Crippen LogP contribution in [-0.2, 0) is 16.0 Å². The van der Waals surface area contributed by atoms with Crippen LogP contribution in [0, 0.1) is 5.41 Å². The van der Waals surface area contributed by atoms with E-state index in [1.54, 1.807) is 6.07 Å². The van der Waals surface area contributed by atoms with Gasteiger partial charge in [-0.1, -0.05) is 20.8 Å². The van der Waals surface area contributed by atoms with Gasteiger partial charge in [-0.05, 0) is 35.6 Å². The molecule has 0 aromatic heterocycles. The summed E-state index contributed by atoms with van der Waals surface area (Å²) in [5, 5.41) is 2.74. The molecule has 4 nitrogen and oxygen atoms in total. The number of anilines is 2. The molecule has 23 heavy (non-hydrogen) atoms. The molecule has 1 aromatic rings. The van der Waals surface area contributed by atoms with Gasteiger partial charge in [0.15, 0.2) is 0 Å². The van der Waals surface area contributed by atoms with Gasteiger partial charge in [0.2, 0.25) is 5.91 Å². The van der Waals surface area contributed by atoms with Crippen molar-refractivity contribution in [3.63, 3.8) is 0 Å². The van der Waals surface area contributed by atoms with Gasteiger partial charge in [0.25, 0.3) is 0 Å². The average molecular weight is 328 g/mol. The van der Waals surface area contributed by atoms with Crippen LogP contribution >= 0.6 is 0 Å². The van der Waals surface area contributed by atoms with Gasteiger partial charge < -0.3 is 10.2 Å². The van der Waals surface area contributed by atoms with Gasteiger partial charge in [-0.25, -0.2) is 0 Å². The van der Waals surface area contributed by atoms with Crippen LogP contribution in [0.1, 0.15) is 32.8 Å². The molecule has 1 heterocycles. The van der Waals surface area contributed by atoms with E-state index in [9.17, 15) is 22.8 Å². The number of benzene rings is 1. The van der Waals surface area contributed by atoms with Crippen LogP contribution in [0.4, 0.5) is 24.5 Å². The maximum absolute atomic E-state index is 12.6. The number of hydrogen-bond donors (Lipinski definition) is 1. The number of nitrogens with one attached hydrogen (secondary N) is 1. The Morgan fingerprint density at radius 1 is 1.22 bits per heavy atom. The Balaban J connectivity index is 2.13. The highest BCUT2D eigenvalue weighted by Gasteiger charge is 2.44. The first-order valence-electron chi connectivity index (χ1n) is 7.29. The fraction of sp³-hybridized carbons (Fsp3) is 0.500. The predicted octanol–water partition coefficient (Wildman–Crippen LogP) is 3.51. The average Bonchev–Trinajstić information content (AvgIpc) is 2.77. The smallest absolute Gasteiger partial charge is 0.326 e. The highest BCUT2D eigenvalue weighted by Crippen LogP contribution is 2.33. The second-order valence-electron chi connectivity index (χ2n) is 6.83. The molecule has 2 rings (SSSR count). The first-order chi connectivity index (χ1) is 10.5. The summed E-state index contributed by atoms with van der Waals surface area (Å²) in [4.78, 5) is 24.0. The zero-order chi connectivity index (χ0) is 17.4. The molecule has 0 radical (unpaired) electrons. The van der Waals surface area contributed by atoms with Crippen LogP contribution in [-0.4, -0.2) is 24.5 Å². The van der Waals surface area contributed by atoms with E-state index in [-0.39, 0.29) is 23.6 Å². The molecule has 0 aliphatic carbocycles. The minimum absolute atomic E-state index is 0.00688. The van der Waals surface area contributed by atoms with Crippen molar-refractivity contribution in [2.45, 2.75) is 39.8 Å². The van der Waals surface area contributed by atoms with Crippen molar-refractivity contribution in [2.75, 3.05) is 16.8 Å². The lowest BCUT2D eigenvalue weighted by Gasteiger charge is -2.19. The van der Waals surface area contributed by atoms with Crippen LogP contribution in [0.15, 0.2) is 18.2 Å². The number of rotatable bonds is 2.